The van der Waals surface area contributed by atoms with Gasteiger partial charge in [0.05, 0.1) is 12.4 Å². The van der Waals surface area contributed by atoms with Crippen molar-refractivity contribution in [3.8, 4) is 0 Å². The first kappa shape index (κ1) is 8.50. The molecule has 0 aromatic heterocycles. The second kappa shape index (κ2) is 2.47. The number of quaternary nitrogens is 1. The summed E-state index contributed by atoms with van der Waals surface area (Å²) in [6, 6.07) is 0. The number of halogens is 1. The van der Waals surface area contributed by atoms with E-state index in [4.69, 9.17) is 22.0 Å². The lowest BCUT2D eigenvalue weighted by Crippen LogP contribution is -2.28. The summed E-state index contributed by atoms with van der Waals surface area (Å²) < 4.78 is 11.1. The van der Waals surface area contributed by atoms with Gasteiger partial charge in [-0.05, 0) is 0 Å². The van der Waals surface area contributed by atoms with E-state index in [1.165, 1.54) is 0 Å². The topological polar surface area (TPSA) is 63.3 Å². The van der Waals surface area contributed by atoms with E-state index in [1.54, 1.807) is 0 Å². The van der Waals surface area contributed by atoms with Gasteiger partial charge in [0.2, 0.25) is 0 Å². The van der Waals surface area contributed by atoms with Gasteiger partial charge >= 0.3 is 7.67 Å². The fourth-order valence-electron chi connectivity index (χ4n) is 0.926. The average molecular weight is 186 g/mol. The van der Waals surface area contributed by atoms with Crippen LogP contribution in [0.1, 0.15) is 0 Å². The number of alkyl halides is 1. The number of hydrogen-bond acceptors (Lipinski definition) is 1. The normalized spacial score (nSPS) is 27.5. The molecule has 60 valence electrons. The Bertz CT molecular complexity index is 176. The maximum atomic E-state index is 10.9. The number of nitrogens with two attached hydrogens (primary N) is 1. The molecule has 0 radical (unpaired) electrons. The maximum Gasteiger partial charge on any atom is 0.456 e. The quantitative estimate of drug-likeness (QED) is 0.373. The van der Waals surface area contributed by atoms with Crippen LogP contribution in [0.5, 0.6) is 0 Å². The van der Waals surface area contributed by atoms with Crippen LogP contribution in [0.4, 0.5) is 0 Å². The Balaban J connectivity index is 2.61. The van der Waals surface area contributed by atoms with Crippen molar-refractivity contribution in [3.63, 3.8) is 0 Å². The largest absolute Gasteiger partial charge is 0.456 e. The van der Waals surface area contributed by atoms with Gasteiger partial charge in [0.1, 0.15) is 13.1 Å². The summed E-state index contributed by atoms with van der Waals surface area (Å²) in [6.45, 7) is 1.89. The number of rotatable bonds is 3. The van der Waals surface area contributed by atoms with Crippen LogP contribution in [0.25, 0.3) is 0 Å². The van der Waals surface area contributed by atoms with Crippen molar-refractivity contribution in [3.05, 3.63) is 0 Å². The van der Waals surface area contributed by atoms with E-state index in [9.17, 15) is 4.57 Å². The highest BCUT2D eigenvalue weighted by Gasteiger charge is 2.54. The van der Waals surface area contributed by atoms with Crippen molar-refractivity contribution in [1.82, 2.24) is 0 Å². The van der Waals surface area contributed by atoms with Crippen LogP contribution in [0, 0.1) is 0 Å². The highest BCUT2D eigenvalue weighted by Crippen LogP contribution is 2.51. The van der Waals surface area contributed by atoms with Crippen molar-refractivity contribution in [2.24, 2.45) is 5.50 Å². The molecule has 1 heterocycles. The van der Waals surface area contributed by atoms with Crippen LogP contribution in [-0.4, -0.2) is 34.7 Å². The van der Waals surface area contributed by atoms with Crippen molar-refractivity contribution in [2.45, 2.75) is 0 Å². The molecule has 0 amide bonds. The van der Waals surface area contributed by atoms with Crippen molar-refractivity contribution >= 4 is 19.3 Å². The van der Waals surface area contributed by atoms with Crippen LogP contribution in [0.3, 0.4) is 0 Å². The lowest BCUT2D eigenvalue weighted by molar-refractivity contribution is -0.672. The summed E-state index contributed by atoms with van der Waals surface area (Å²) in [7, 11) is -3.42. The fraction of sp³-hybridized carbons (Fsp3) is 1.00. The van der Waals surface area contributed by atoms with E-state index < -0.39 is 7.67 Å². The van der Waals surface area contributed by atoms with Crippen LogP contribution in [-0.2, 0) is 4.57 Å². The van der Waals surface area contributed by atoms with Gasteiger partial charge in [-0.1, -0.05) is 0 Å². The molecule has 1 fully saturated rings. The van der Waals surface area contributed by atoms with Gasteiger partial charge in [-0.3, -0.25) is 4.89 Å². The summed E-state index contributed by atoms with van der Waals surface area (Å²) in [5.41, 5.74) is 5.09. The zero-order valence-corrected chi connectivity index (χ0v) is 7.18. The Morgan fingerprint density at radius 1 is 1.70 bits per heavy atom. The molecule has 1 rings (SSSR count). The molecule has 10 heavy (non-hydrogen) atoms. The molecule has 1 saturated heterocycles. The summed E-state index contributed by atoms with van der Waals surface area (Å²) >= 11 is 5.43. The first-order valence-electron chi connectivity index (χ1n) is 3.06. The molecule has 0 aliphatic carbocycles. The Kier molecular flexibility index (Phi) is 2.10. The molecule has 6 heteroatoms. The Morgan fingerprint density at radius 3 is 2.30 bits per heavy atom. The van der Waals surface area contributed by atoms with Gasteiger partial charge in [0.25, 0.3) is 0 Å². The molecule has 0 aromatic rings. The summed E-state index contributed by atoms with van der Waals surface area (Å²) in [6.07, 6.45) is 0. The van der Waals surface area contributed by atoms with E-state index >= 15 is 0 Å². The smallest absolute Gasteiger partial charge is 0.289 e. The van der Waals surface area contributed by atoms with Crippen LogP contribution in [0.2, 0.25) is 0 Å². The molecule has 1 aliphatic rings. The van der Waals surface area contributed by atoms with Gasteiger partial charge < -0.3 is 0 Å². The molecule has 0 saturated carbocycles. The van der Waals surface area contributed by atoms with Crippen LogP contribution in [0.15, 0.2) is 0 Å². The zero-order chi connectivity index (χ0) is 7.83. The molecule has 0 aromatic carbocycles. The van der Waals surface area contributed by atoms with Crippen LogP contribution < -0.4 is 5.50 Å². The molecule has 0 spiro atoms. The second-order valence-electron chi connectivity index (χ2n) is 2.54. The molecular weight excluding hydrogens is 174 g/mol. The summed E-state index contributed by atoms with van der Waals surface area (Å²) in [5.74, 6) is 0.391. The van der Waals surface area contributed by atoms with Gasteiger partial charge in [0, 0.05) is 0 Å². The van der Waals surface area contributed by atoms with E-state index in [0.717, 1.165) is 0 Å². The van der Waals surface area contributed by atoms with Crippen LogP contribution >= 0.6 is 19.3 Å². The minimum absolute atomic E-state index is 0.122. The second-order valence-corrected chi connectivity index (χ2v) is 4.95. The highest BCUT2D eigenvalue weighted by molar-refractivity contribution is 7.49. The Hall–Kier alpha value is 0.400. The Morgan fingerprint density at radius 2 is 2.20 bits per heavy atom. The van der Waals surface area contributed by atoms with Gasteiger partial charge in [-0.15, -0.1) is 11.6 Å². The first-order chi connectivity index (χ1) is 4.52. The van der Waals surface area contributed by atoms with Gasteiger partial charge in [-0.2, -0.15) is 0 Å². The monoisotopic (exact) mass is 185 g/mol. The molecular formula is C4H11ClN2O2P+. The lowest BCUT2D eigenvalue weighted by Gasteiger charge is -2.17. The van der Waals surface area contributed by atoms with Gasteiger partial charge in [-0.25, -0.2) is 14.3 Å². The SMILES string of the molecule is NP(=O)(O)[N+]1(CCCl)CC1. The van der Waals surface area contributed by atoms with Crippen molar-refractivity contribution in [1.29, 1.82) is 0 Å². The minimum Gasteiger partial charge on any atom is -0.289 e. The third-order valence-corrected chi connectivity index (χ3v) is 3.83. The van der Waals surface area contributed by atoms with E-state index in [1.807, 2.05) is 0 Å². The molecule has 1 atom stereocenters. The standard InChI is InChI=1S/C4H10ClN2O2P/c5-1-2-7(3-4-7)10(6,8)9/h1-4H2,(H2-,6,8,9)/p+1. The Labute approximate surface area is 64.7 Å². The summed E-state index contributed by atoms with van der Waals surface area (Å²) in [5, 5.41) is 0. The molecule has 0 bridgehead atoms. The number of nitrogens with zero attached hydrogens (tertiary/aromatic N) is 1. The maximum absolute atomic E-state index is 10.9. The zero-order valence-electron chi connectivity index (χ0n) is 5.53. The highest BCUT2D eigenvalue weighted by atomic mass is 35.5. The average Bonchev–Trinajstić information content (AvgIpc) is 2.45. The van der Waals surface area contributed by atoms with Crippen molar-refractivity contribution in [2.75, 3.05) is 25.5 Å². The molecule has 3 N–H and O–H groups in total. The predicted molar refractivity (Wildman–Crippen MR) is 39.6 cm³/mol. The minimum atomic E-state index is -3.42. The first-order valence-corrected chi connectivity index (χ1v) is 5.27. The van der Waals surface area contributed by atoms with E-state index in [2.05, 4.69) is 0 Å². The van der Waals surface area contributed by atoms with E-state index in [-0.39, 0.29) is 4.25 Å². The molecule has 1 unspecified atom stereocenters. The molecule has 4 nitrogen and oxygen atoms in total. The van der Waals surface area contributed by atoms with Crippen molar-refractivity contribution < 1.29 is 13.7 Å². The fourth-order valence-corrected chi connectivity index (χ4v) is 2.42. The third-order valence-electron chi connectivity index (χ3n) is 1.85. The summed E-state index contributed by atoms with van der Waals surface area (Å²) in [4.78, 5) is 8.99. The van der Waals surface area contributed by atoms with Gasteiger partial charge in [0.15, 0.2) is 0 Å². The van der Waals surface area contributed by atoms with E-state index in [0.29, 0.717) is 25.5 Å². The third kappa shape index (κ3) is 1.36. The molecule has 1 aliphatic heterocycles. The predicted octanol–water partition coefficient (Wildman–Crippen LogP) is 0.115. The number of hydrogen-bond donors (Lipinski definition) is 2. The lowest BCUT2D eigenvalue weighted by atomic mass is 10.8.